The quantitative estimate of drug-likeness (QED) is 0.774. The zero-order valence-electron chi connectivity index (χ0n) is 9.42. The number of aliphatic hydroxyl groups is 1. The van der Waals surface area contributed by atoms with Crippen molar-refractivity contribution in [1.82, 2.24) is 0 Å². The van der Waals surface area contributed by atoms with Crippen LogP contribution in [0.25, 0.3) is 0 Å². The second-order valence-electron chi connectivity index (χ2n) is 2.82. The van der Waals surface area contributed by atoms with Crippen LogP contribution in [0.2, 0.25) is 0 Å². The van der Waals surface area contributed by atoms with Crippen LogP contribution in [0.1, 0.15) is 5.56 Å². The van der Waals surface area contributed by atoms with Gasteiger partial charge in [-0.05, 0) is 12.0 Å². The molecule has 1 rings (SSSR count). The molecule has 1 aromatic carbocycles. The van der Waals surface area contributed by atoms with Gasteiger partial charge in [-0.3, -0.25) is 4.79 Å². The van der Waals surface area contributed by atoms with Crippen molar-refractivity contribution in [2.75, 3.05) is 14.2 Å². The van der Waals surface area contributed by atoms with E-state index in [0.29, 0.717) is 6.42 Å². The van der Waals surface area contributed by atoms with E-state index in [0.717, 1.165) is 12.7 Å². The van der Waals surface area contributed by atoms with Crippen LogP contribution in [0, 0.1) is 0 Å². The number of nitrogens with two attached hydrogens (primary N) is 1. The van der Waals surface area contributed by atoms with Crippen molar-refractivity contribution in [3.05, 3.63) is 35.9 Å². The van der Waals surface area contributed by atoms with Crippen molar-refractivity contribution >= 4 is 18.4 Å². The highest BCUT2D eigenvalue weighted by Gasteiger charge is 2.13. The number of hydrogen-bond donors (Lipinski definition) is 2. The average molecular weight is 248 g/mol. The lowest BCUT2D eigenvalue weighted by Gasteiger charge is -2.08. The maximum absolute atomic E-state index is 11.0. The Morgan fingerprint density at radius 3 is 2.31 bits per heavy atom. The molecule has 0 heterocycles. The fourth-order valence-corrected chi connectivity index (χ4v) is 1.10. The molecule has 0 aliphatic heterocycles. The Kier molecular flexibility index (Phi) is 11.3. The van der Waals surface area contributed by atoms with Gasteiger partial charge in [-0.25, -0.2) is 0 Å². The molecule has 0 amide bonds. The first-order chi connectivity index (χ1) is 7.24. The standard InChI is InChI=1S/C10H13NO2.CH4O.ClH/c1-13-10(12)9(11)7-8-5-3-2-4-6-8;1-2;/h2-6,9H,7,11H2,1H3;2H,1H3;1H/t9-;;/m0../s1. The molecule has 3 N–H and O–H groups in total. The summed E-state index contributed by atoms with van der Waals surface area (Å²) in [6, 6.07) is 9.06. The fourth-order valence-electron chi connectivity index (χ4n) is 1.10. The summed E-state index contributed by atoms with van der Waals surface area (Å²) in [7, 11) is 2.34. The van der Waals surface area contributed by atoms with E-state index < -0.39 is 6.04 Å². The minimum Gasteiger partial charge on any atom is -0.468 e. The first-order valence-corrected chi connectivity index (χ1v) is 4.56. The van der Waals surface area contributed by atoms with Crippen molar-refractivity contribution in [2.45, 2.75) is 12.5 Å². The summed E-state index contributed by atoms with van der Waals surface area (Å²) in [5, 5.41) is 7.00. The highest BCUT2D eigenvalue weighted by atomic mass is 35.5. The summed E-state index contributed by atoms with van der Waals surface area (Å²) in [5.41, 5.74) is 6.63. The van der Waals surface area contributed by atoms with E-state index in [1.54, 1.807) is 0 Å². The molecule has 0 saturated heterocycles. The number of esters is 1. The normalized spacial score (nSPS) is 10.2. The van der Waals surface area contributed by atoms with Crippen molar-refractivity contribution < 1.29 is 14.6 Å². The van der Waals surface area contributed by atoms with E-state index in [9.17, 15) is 4.79 Å². The molecular weight excluding hydrogens is 230 g/mol. The van der Waals surface area contributed by atoms with Gasteiger partial charge in [0.25, 0.3) is 0 Å². The van der Waals surface area contributed by atoms with Gasteiger partial charge in [-0.2, -0.15) is 0 Å². The van der Waals surface area contributed by atoms with Gasteiger partial charge in [0, 0.05) is 7.11 Å². The highest BCUT2D eigenvalue weighted by Crippen LogP contribution is 2.02. The van der Waals surface area contributed by atoms with Gasteiger partial charge in [-0.1, -0.05) is 30.3 Å². The predicted molar refractivity (Wildman–Crippen MR) is 65.5 cm³/mol. The number of halogens is 1. The van der Waals surface area contributed by atoms with Crippen molar-refractivity contribution in [3.63, 3.8) is 0 Å². The van der Waals surface area contributed by atoms with Crippen LogP contribution in [0.3, 0.4) is 0 Å². The molecule has 16 heavy (non-hydrogen) atoms. The summed E-state index contributed by atoms with van der Waals surface area (Å²) in [6.45, 7) is 0. The van der Waals surface area contributed by atoms with Gasteiger partial charge in [0.05, 0.1) is 7.11 Å². The summed E-state index contributed by atoms with van der Waals surface area (Å²) < 4.78 is 4.52. The molecule has 0 fully saturated rings. The second kappa shape index (κ2) is 10.4. The zero-order chi connectivity index (χ0) is 11.7. The smallest absolute Gasteiger partial charge is 0.322 e. The third-order valence-electron chi connectivity index (χ3n) is 1.80. The third kappa shape index (κ3) is 6.40. The topological polar surface area (TPSA) is 72.5 Å². The number of aliphatic hydroxyl groups excluding tert-OH is 1. The lowest BCUT2D eigenvalue weighted by molar-refractivity contribution is -0.142. The SMILES string of the molecule is CO.COC(=O)[C@@H](N)Cc1ccccc1.Cl. The number of benzene rings is 1. The molecule has 0 bridgehead atoms. The molecule has 1 atom stereocenters. The van der Waals surface area contributed by atoms with Gasteiger partial charge >= 0.3 is 5.97 Å². The Morgan fingerprint density at radius 2 is 1.88 bits per heavy atom. The van der Waals surface area contributed by atoms with Crippen LogP contribution in [-0.2, 0) is 16.0 Å². The van der Waals surface area contributed by atoms with E-state index in [1.807, 2.05) is 30.3 Å². The third-order valence-corrected chi connectivity index (χ3v) is 1.80. The molecule has 0 saturated carbocycles. The summed E-state index contributed by atoms with van der Waals surface area (Å²) in [5.74, 6) is -0.371. The minimum absolute atomic E-state index is 0. The maximum atomic E-state index is 11.0. The van der Waals surface area contributed by atoms with E-state index in [2.05, 4.69) is 4.74 Å². The molecule has 0 aromatic heterocycles. The molecule has 0 aliphatic carbocycles. The monoisotopic (exact) mass is 247 g/mol. The number of hydrogen-bond acceptors (Lipinski definition) is 4. The Labute approximate surface area is 102 Å². The van der Waals surface area contributed by atoms with Gasteiger partial charge in [0.1, 0.15) is 6.04 Å². The van der Waals surface area contributed by atoms with Crippen molar-refractivity contribution in [1.29, 1.82) is 0 Å². The van der Waals surface area contributed by atoms with Crippen molar-refractivity contribution in [2.24, 2.45) is 5.73 Å². The summed E-state index contributed by atoms with van der Waals surface area (Å²) in [4.78, 5) is 11.0. The number of methoxy groups -OCH3 is 1. The van der Waals surface area contributed by atoms with Crippen LogP contribution in [0.4, 0.5) is 0 Å². The Bertz CT molecular complexity index is 280. The second-order valence-corrected chi connectivity index (χ2v) is 2.82. The van der Waals surface area contributed by atoms with E-state index in [4.69, 9.17) is 10.8 Å². The van der Waals surface area contributed by atoms with Gasteiger partial charge in [-0.15, -0.1) is 12.4 Å². The molecule has 0 radical (unpaired) electrons. The predicted octanol–water partition coefficient (Wildman–Crippen LogP) is 0.760. The molecule has 0 aliphatic rings. The molecule has 0 unspecified atom stereocenters. The maximum Gasteiger partial charge on any atom is 0.322 e. The van der Waals surface area contributed by atoms with Crippen LogP contribution >= 0.6 is 12.4 Å². The van der Waals surface area contributed by atoms with Gasteiger partial charge in [0.15, 0.2) is 0 Å². The molecule has 92 valence electrons. The Hall–Kier alpha value is -1.10. The van der Waals surface area contributed by atoms with E-state index in [1.165, 1.54) is 7.11 Å². The number of carbonyl (C=O) groups is 1. The van der Waals surface area contributed by atoms with Crippen LogP contribution in [0.15, 0.2) is 30.3 Å². The molecule has 4 nitrogen and oxygen atoms in total. The largest absolute Gasteiger partial charge is 0.468 e. The number of carbonyl (C=O) groups excluding carboxylic acids is 1. The first-order valence-electron chi connectivity index (χ1n) is 4.56. The summed E-state index contributed by atoms with van der Waals surface area (Å²) in [6.07, 6.45) is 0.521. The molecular formula is C11H18ClNO3. The van der Waals surface area contributed by atoms with Crippen molar-refractivity contribution in [3.8, 4) is 0 Å². The molecule has 0 spiro atoms. The van der Waals surface area contributed by atoms with E-state index >= 15 is 0 Å². The Morgan fingerprint density at radius 1 is 1.38 bits per heavy atom. The Balaban J connectivity index is 0. The zero-order valence-corrected chi connectivity index (χ0v) is 10.2. The molecule has 1 aromatic rings. The van der Waals surface area contributed by atoms with Gasteiger partial charge < -0.3 is 15.6 Å². The lowest BCUT2D eigenvalue weighted by atomic mass is 10.1. The van der Waals surface area contributed by atoms with Crippen LogP contribution < -0.4 is 5.73 Å². The number of ether oxygens (including phenoxy) is 1. The molecule has 5 heteroatoms. The summed E-state index contributed by atoms with van der Waals surface area (Å²) >= 11 is 0. The minimum atomic E-state index is -0.563. The lowest BCUT2D eigenvalue weighted by Crippen LogP contribution is -2.33. The van der Waals surface area contributed by atoms with Crippen LogP contribution in [-0.4, -0.2) is 31.3 Å². The first kappa shape index (κ1) is 17.3. The van der Waals surface area contributed by atoms with E-state index in [-0.39, 0.29) is 18.4 Å². The van der Waals surface area contributed by atoms with Gasteiger partial charge in [0.2, 0.25) is 0 Å². The fraction of sp³-hybridized carbons (Fsp3) is 0.364. The van der Waals surface area contributed by atoms with Crippen LogP contribution in [0.5, 0.6) is 0 Å². The average Bonchev–Trinajstić information content (AvgIpc) is 2.32. The number of rotatable bonds is 3. The highest BCUT2D eigenvalue weighted by molar-refractivity contribution is 5.85.